The van der Waals surface area contributed by atoms with E-state index in [4.69, 9.17) is 9.47 Å². The van der Waals surface area contributed by atoms with E-state index in [9.17, 15) is 0 Å². The Morgan fingerprint density at radius 1 is 1.60 bits per heavy atom. The van der Waals surface area contributed by atoms with Crippen molar-refractivity contribution in [2.45, 2.75) is 12.6 Å². The van der Waals surface area contributed by atoms with E-state index >= 15 is 0 Å². The summed E-state index contributed by atoms with van der Waals surface area (Å²) < 4.78 is 12.8. The Balaban J connectivity index is 1.68. The first-order chi connectivity index (χ1) is 7.36. The van der Waals surface area contributed by atoms with Crippen LogP contribution in [-0.2, 0) is 23.1 Å². The largest absolute Gasteiger partial charge is 0.376 e. The second kappa shape index (κ2) is 5.25. The Morgan fingerprint density at radius 3 is 3.20 bits per heavy atom. The van der Waals surface area contributed by atoms with Crippen molar-refractivity contribution in [2.75, 3.05) is 26.4 Å². The number of hydrogen-bond acceptors (Lipinski definition) is 4. The van der Waals surface area contributed by atoms with Crippen LogP contribution in [0.15, 0.2) is 12.5 Å². The van der Waals surface area contributed by atoms with E-state index in [1.807, 2.05) is 17.8 Å². The van der Waals surface area contributed by atoms with Crippen LogP contribution in [0.2, 0.25) is 0 Å². The molecular formula is C10H17N3O2. The third kappa shape index (κ3) is 3.02. The Hall–Kier alpha value is -0.910. The molecule has 2 heterocycles. The second-order valence-corrected chi connectivity index (χ2v) is 3.69. The highest BCUT2D eigenvalue weighted by Gasteiger charge is 2.13. The van der Waals surface area contributed by atoms with Crippen LogP contribution in [0.5, 0.6) is 0 Å². The van der Waals surface area contributed by atoms with Crippen molar-refractivity contribution >= 4 is 0 Å². The molecule has 1 unspecified atom stereocenters. The quantitative estimate of drug-likeness (QED) is 0.757. The van der Waals surface area contributed by atoms with Gasteiger partial charge < -0.3 is 19.4 Å². The van der Waals surface area contributed by atoms with Crippen molar-refractivity contribution in [3.63, 3.8) is 0 Å². The van der Waals surface area contributed by atoms with E-state index in [1.165, 1.54) is 5.69 Å². The third-order valence-corrected chi connectivity index (χ3v) is 2.48. The average molecular weight is 211 g/mol. The Kier molecular flexibility index (Phi) is 3.71. The molecule has 1 saturated heterocycles. The minimum Gasteiger partial charge on any atom is -0.376 e. The number of aromatic nitrogens is 2. The van der Waals surface area contributed by atoms with Crippen molar-refractivity contribution < 1.29 is 9.47 Å². The van der Waals surface area contributed by atoms with E-state index in [2.05, 4.69) is 10.3 Å². The minimum absolute atomic E-state index is 0.187. The van der Waals surface area contributed by atoms with Gasteiger partial charge in [-0.3, -0.25) is 0 Å². The zero-order chi connectivity index (χ0) is 10.5. The van der Waals surface area contributed by atoms with Gasteiger partial charge in [0.2, 0.25) is 0 Å². The van der Waals surface area contributed by atoms with Gasteiger partial charge >= 0.3 is 0 Å². The molecule has 1 atom stereocenters. The summed E-state index contributed by atoms with van der Waals surface area (Å²) in [5.74, 6) is 0. The third-order valence-electron chi connectivity index (χ3n) is 2.48. The molecule has 0 aliphatic carbocycles. The highest BCUT2D eigenvalue weighted by atomic mass is 16.6. The van der Waals surface area contributed by atoms with Crippen molar-refractivity contribution in [1.82, 2.24) is 14.9 Å². The fourth-order valence-electron chi connectivity index (χ4n) is 1.57. The summed E-state index contributed by atoms with van der Waals surface area (Å²) in [6.07, 6.45) is 3.86. The fraction of sp³-hybridized carbons (Fsp3) is 0.700. The first-order valence-corrected chi connectivity index (χ1v) is 5.21. The molecule has 0 saturated carbocycles. The smallest absolute Gasteiger partial charge is 0.0945 e. The maximum absolute atomic E-state index is 5.52. The lowest BCUT2D eigenvalue weighted by atomic mass is 10.3. The van der Waals surface area contributed by atoms with Crippen LogP contribution in [0.4, 0.5) is 0 Å². The second-order valence-electron chi connectivity index (χ2n) is 3.69. The Labute approximate surface area is 89.4 Å². The van der Waals surface area contributed by atoms with Gasteiger partial charge in [0.25, 0.3) is 0 Å². The van der Waals surface area contributed by atoms with Crippen LogP contribution >= 0.6 is 0 Å². The molecule has 5 heteroatoms. The minimum atomic E-state index is 0.187. The summed E-state index contributed by atoms with van der Waals surface area (Å²) in [4.78, 5) is 4.05. The zero-order valence-corrected chi connectivity index (χ0v) is 8.98. The maximum Gasteiger partial charge on any atom is 0.0945 e. The molecule has 1 aromatic rings. The predicted octanol–water partition coefficient (Wildman–Crippen LogP) is -0.0749. The first-order valence-electron chi connectivity index (χ1n) is 5.21. The molecule has 1 N–H and O–H groups in total. The van der Waals surface area contributed by atoms with Gasteiger partial charge in [-0.05, 0) is 0 Å². The molecule has 1 fully saturated rings. The lowest BCUT2D eigenvalue weighted by Gasteiger charge is -2.23. The van der Waals surface area contributed by atoms with Gasteiger partial charge in [0, 0.05) is 26.3 Å². The van der Waals surface area contributed by atoms with Gasteiger partial charge in [0.05, 0.1) is 37.9 Å². The standard InChI is InChI=1S/C10H17N3O2/c1-13-8-12-5-9(13)4-11-6-10-7-14-2-3-15-10/h5,8,10-11H,2-4,6-7H2,1H3. The van der Waals surface area contributed by atoms with E-state index in [0.717, 1.165) is 19.7 Å². The maximum atomic E-state index is 5.52. The molecule has 1 aliphatic heterocycles. The summed E-state index contributed by atoms with van der Waals surface area (Å²) >= 11 is 0. The molecule has 1 aromatic heterocycles. The lowest BCUT2D eigenvalue weighted by molar-refractivity contribution is -0.0864. The molecule has 0 bridgehead atoms. The number of hydrogen-bond donors (Lipinski definition) is 1. The Morgan fingerprint density at radius 2 is 2.53 bits per heavy atom. The monoisotopic (exact) mass is 211 g/mol. The molecule has 5 nitrogen and oxygen atoms in total. The van der Waals surface area contributed by atoms with E-state index in [-0.39, 0.29) is 6.10 Å². The van der Waals surface area contributed by atoms with Crippen LogP contribution < -0.4 is 5.32 Å². The molecule has 15 heavy (non-hydrogen) atoms. The summed E-state index contributed by atoms with van der Waals surface area (Å²) in [7, 11) is 1.99. The summed E-state index contributed by atoms with van der Waals surface area (Å²) in [6.45, 7) is 3.76. The first kappa shape index (κ1) is 10.6. The van der Waals surface area contributed by atoms with Gasteiger partial charge in [-0.1, -0.05) is 0 Å². The van der Waals surface area contributed by atoms with Crippen molar-refractivity contribution in [3.8, 4) is 0 Å². The molecule has 0 amide bonds. The number of aryl methyl sites for hydroxylation is 1. The lowest BCUT2D eigenvalue weighted by Crippen LogP contribution is -2.37. The van der Waals surface area contributed by atoms with Gasteiger partial charge in [-0.2, -0.15) is 0 Å². The number of rotatable bonds is 4. The topological polar surface area (TPSA) is 48.3 Å². The molecule has 0 aromatic carbocycles. The van der Waals surface area contributed by atoms with Gasteiger partial charge in [0.1, 0.15) is 0 Å². The normalized spacial score (nSPS) is 21.8. The van der Waals surface area contributed by atoms with Crippen molar-refractivity contribution in [1.29, 1.82) is 0 Å². The predicted molar refractivity (Wildman–Crippen MR) is 55.5 cm³/mol. The van der Waals surface area contributed by atoms with Gasteiger partial charge in [-0.15, -0.1) is 0 Å². The molecule has 2 rings (SSSR count). The fourth-order valence-corrected chi connectivity index (χ4v) is 1.57. The van der Waals surface area contributed by atoms with Crippen LogP contribution in [0, 0.1) is 0 Å². The molecule has 0 radical (unpaired) electrons. The molecule has 0 spiro atoms. The summed E-state index contributed by atoms with van der Waals surface area (Å²) in [6, 6.07) is 0. The number of imidazole rings is 1. The Bertz CT molecular complexity index is 295. The van der Waals surface area contributed by atoms with Crippen LogP contribution in [0.3, 0.4) is 0 Å². The highest BCUT2D eigenvalue weighted by molar-refractivity contribution is 4.96. The molecule has 84 valence electrons. The van der Waals surface area contributed by atoms with E-state index in [0.29, 0.717) is 13.2 Å². The number of nitrogens with zero attached hydrogens (tertiary/aromatic N) is 2. The highest BCUT2D eigenvalue weighted by Crippen LogP contribution is 2.00. The van der Waals surface area contributed by atoms with E-state index < -0.39 is 0 Å². The van der Waals surface area contributed by atoms with Crippen LogP contribution in [0.1, 0.15) is 5.69 Å². The zero-order valence-electron chi connectivity index (χ0n) is 8.98. The number of ether oxygens (including phenoxy) is 2. The van der Waals surface area contributed by atoms with Gasteiger partial charge in [0.15, 0.2) is 0 Å². The van der Waals surface area contributed by atoms with E-state index in [1.54, 1.807) is 6.33 Å². The van der Waals surface area contributed by atoms with Crippen molar-refractivity contribution in [3.05, 3.63) is 18.2 Å². The molecular weight excluding hydrogens is 194 g/mol. The summed E-state index contributed by atoms with van der Waals surface area (Å²) in [5.41, 5.74) is 1.17. The SMILES string of the molecule is Cn1cncc1CNCC1COCCO1. The van der Waals surface area contributed by atoms with Crippen molar-refractivity contribution in [2.24, 2.45) is 7.05 Å². The van der Waals surface area contributed by atoms with Crippen LogP contribution in [-0.4, -0.2) is 42.0 Å². The average Bonchev–Trinajstić information content (AvgIpc) is 2.66. The van der Waals surface area contributed by atoms with Crippen LogP contribution in [0.25, 0.3) is 0 Å². The number of nitrogens with one attached hydrogen (secondary N) is 1. The molecule has 1 aliphatic rings. The van der Waals surface area contributed by atoms with Gasteiger partial charge in [-0.25, -0.2) is 4.98 Å². The summed E-state index contributed by atoms with van der Waals surface area (Å²) in [5, 5.41) is 3.33.